The van der Waals surface area contributed by atoms with Crippen LogP contribution >= 0.6 is 0 Å². The van der Waals surface area contributed by atoms with Crippen molar-refractivity contribution in [1.29, 1.82) is 0 Å². The van der Waals surface area contributed by atoms with Gasteiger partial charge in [0.2, 0.25) is 0 Å². The van der Waals surface area contributed by atoms with Gasteiger partial charge in [-0.25, -0.2) is 4.79 Å². The second-order valence-corrected chi connectivity index (χ2v) is 4.20. The zero-order valence-corrected chi connectivity index (χ0v) is 12.9. The van der Waals surface area contributed by atoms with E-state index in [2.05, 4.69) is 13.8 Å². The number of esters is 1. The average molecular weight is 304 g/mol. The molecule has 1 aromatic carbocycles. The fourth-order valence-corrected chi connectivity index (χ4v) is 1.82. The number of carbonyl (C=O) groups is 1. The summed E-state index contributed by atoms with van der Waals surface area (Å²) in [6, 6.07) is 4.75. The predicted octanol–water partition coefficient (Wildman–Crippen LogP) is -2.51. The van der Waals surface area contributed by atoms with E-state index < -0.39 is 5.97 Å². The van der Waals surface area contributed by atoms with Crippen LogP contribution in [0.15, 0.2) is 18.2 Å². The van der Waals surface area contributed by atoms with Gasteiger partial charge < -0.3 is 31.9 Å². The van der Waals surface area contributed by atoms with E-state index >= 15 is 0 Å². The van der Waals surface area contributed by atoms with E-state index in [9.17, 15) is 9.90 Å². The standard InChI is InChI=1S/C14H21NO4.ClH/c1-4-15(5-2)9-10-19-14(17)11-7-6-8-12(18-3)13(11)16;/h6-8,16H,4-5,9-10H2,1-3H3;1H. The topological polar surface area (TPSA) is 60.2 Å². The molecule has 0 atom stereocenters. The molecule has 0 aliphatic rings. The SMILES string of the molecule is CC[NH+](CC)CCOC(=O)c1cccc(OC)c1O.[Cl-]. The molecule has 0 unspecified atom stereocenters. The second-order valence-electron chi connectivity index (χ2n) is 4.20. The summed E-state index contributed by atoms with van der Waals surface area (Å²) >= 11 is 0. The molecule has 0 amide bonds. The Morgan fingerprint density at radius 2 is 1.95 bits per heavy atom. The third-order valence-corrected chi connectivity index (χ3v) is 3.13. The lowest BCUT2D eigenvalue weighted by Gasteiger charge is -2.15. The highest BCUT2D eigenvalue weighted by Crippen LogP contribution is 2.29. The number of phenols is 1. The minimum atomic E-state index is -0.525. The van der Waals surface area contributed by atoms with Gasteiger partial charge in [-0.15, -0.1) is 0 Å². The highest BCUT2D eigenvalue weighted by atomic mass is 35.5. The first-order valence-electron chi connectivity index (χ1n) is 6.50. The normalized spacial score (nSPS) is 10.0. The van der Waals surface area contributed by atoms with Crippen LogP contribution in [0, 0.1) is 0 Å². The van der Waals surface area contributed by atoms with E-state index in [0.717, 1.165) is 19.6 Å². The molecule has 0 heterocycles. The maximum atomic E-state index is 11.8. The summed E-state index contributed by atoms with van der Waals surface area (Å²) in [5.41, 5.74) is 0.133. The Hall–Kier alpha value is -1.46. The van der Waals surface area contributed by atoms with Gasteiger partial charge in [-0.05, 0) is 26.0 Å². The molecular weight excluding hydrogens is 282 g/mol. The second kappa shape index (κ2) is 9.44. The molecule has 0 saturated carbocycles. The first-order chi connectivity index (χ1) is 9.13. The number of methoxy groups -OCH3 is 1. The van der Waals surface area contributed by atoms with Crippen LogP contribution < -0.4 is 22.0 Å². The van der Waals surface area contributed by atoms with Gasteiger partial charge in [-0.1, -0.05) is 6.07 Å². The molecule has 0 aromatic heterocycles. The quantitative estimate of drug-likeness (QED) is 0.546. The number of nitrogens with one attached hydrogen (secondary N) is 1. The van der Waals surface area contributed by atoms with Crippen LogP contribution in [0.4, 0.5) is 0 Å². The number of phenolic OH excluding ortho intramolecular Hbond substituents is 1. The van der Waals surface area contributed by atoms with E-state index in [1.807, 2.05) is 0 Å². The molecule has 6 heteroatoms. The number of carbonyl (C=O) groups excluding carboxylic acids is 1. The van der Waals surface area contributed by atoms with Crippen molar-refractivity contribution in [3.63, 3.8) is 0 Å². The van der Waals surface area contributed by atoms with Crippen LogP contribution in [0.25, 0.3) is 0 Å². The van der Waals surface area contributed by atoms with Crippen LogP contribution in [0.2, 0.25) is 0 Å². The number of benzene rings is 1. The minimum absolute atomic E-state index is 0. The third kappa shape index (κ3) is 4.90. The Balaban J connectivity index is 0.00000361. The maximum absolute atomic E-state index is 11.8. The molecule has 5 nitrogen and oxygen atoms in total. The molecule has 20 heavy (non-hydrogen) atoms. The first kappa shape index (κ1) is 18.5. The van der Waals surface area contributed by atoms with Gasteiger partial charge in [0.05, 0.1) is 20.2 Å². The van der Waals surface area contributed by atoms with Gasteiger partial charge in [0, 0.05) is 0 Å². The Morgan fingerprint density at radius 3 is 2.50 bits per heavy atom. The number of aromatic hydroxyl groups is 1. The molecule has 2 N–H and O–H groups in total. The van der Waals surface area contributed by atoms with Crippen LogP contribution in [0.3, 0.4) is 0 Å². The van der Waals surface area contributed by atoms with Gasteiger partial charge in [0.1, 0.15) is 18.7 Å². The zero-order chi connectivity index (χ0) is 14.3. The Bertz CT molecular complexity index is 422. The highest BCUT2D eigenvalue weighted by Gasteiger charge is 2.16. The van der Waals surface area contributed by atoms with Gasteiger partial charge in [-0.3, -0.25) is 0 Å². The van der Waals surface area contributed by atoms with Crippen molar-refractivity contribution in [2.75, 3.05) is 33.4 Å². The third-order valence-electron chi connectivity index (χ3n) is 3.13. The van der Waals surface area contributed by atoms with Crippen molar-refractivity contribution < 1.29 is 36.7 Å². The summed E-state index contributed by atoms with van der Waals surface area (Å²) in [6.45, 7) is 7.29. The molecule has 0 saturated heterocycles. The number of halogens is 1. The van der Waals surface area contributed by atoms with Crippen LogP contribution in [-0.2, 0) is 4.74 Å². The predicted molar refractivity (Wildman–Crippen MR) is 71.9 cm³/mol. The summed E-state index contributed by atoms with van der Waals surface area (Å²) in [5, 5.41) is 9.83. The smallest absolute Gasteiger partial charge is 0.342 e. The molecule has 1 rings (SSSR count). The van der Waals surface area contributed by atoms with Crippen molar-refractivity contribution >= 4 is 5.97 Å². The van der Waals surface area contributed by atoms with E-state index in [4.69, 9.17) is 9.47 Å². The summed E-state index contributed by atoms with van der Waals surface area (Å²) < 4.78 is 10.1. The number of hydrogen-bond donors (Lipinski definition) is 2. The van der Waals surface area contributed by atoms with Crippen molar-refractivity contribution in [3.05, 3.63) is 23.8 Å². The monoisotopic (exact) mass is 303 g/mol. The van der Waals surface area contributed by atoms with Gasteiger partial charge in [-0.2, -0.15) is 0 Å². The molecule has 1 aromatic rings. The first-order valence-corrected chi connectivity index (χ1v) is 6.50. The van der Waals surface area contributed by atoms with E-state index in [1.165, 1.54) is 18.1 Å². The number of hydrogen-bond acceptors (Lipinski definition) is 4. The number of ether oxygens (including phenoxy) is 2. The summed E-state index contributed by atoms with van der Waals surface area (Å²) in [7, 11) is 1.44. The Kier molecular flexibility index (Phi) is 8.76. The number of rotatable bonds is 7. The fourth-order valence-electron chi connectivity index (χ4n) is 1.82. The van der Waals surface area contributed by atoms with Crippen LogP contribution in [-0.4, -0.2) is 44.4 Å². The lowest BCUT2D eigenvalue weighted by molar-refractivity contribution is -0.896. The minimum Gasteiger partial charge on any atom is -1.00 e. The molecule has 0 bridgehead atoms. The molecule has 0 fully saturated rings. The highest BCUT2D eigenvalue weighted by molar-refractivity contribution is 5.93. The lowest BCUT2D eigenvalue weighted by atomic mass is 10.2. The van der Waals surface area contributed by atoms with Gasteiger partial charge in [0.15, 0.2) is 11.5 Å². The maximum Gasteiger partial charge on any atom is 0.342 e. The van der Waals surface area contributed by atoms with Crippen molar-refractivity contribution in [2.24, 2.45) is 0 Å². The number of quaternary nitrogens is 1. The van der Waals surface area contributed by atoms with E-state index in [0.29, 0.717) is 6.61 Å². The van der Waals surface area contributed by atoms with E-state index in [-0.39, 0.29) is 29.5 Å². The molecule has 0 radical (unpaired) electrons. The molecule has 0 aliphatic carbocycles. The molecular formula is C14H22ClNO4. The number of para-hydroxylation sites is 1. The van der Waals surface area contributed by atoms with Crippen LogP contribution in [0.1, 0.15) is 24.2 Å². The van der Waals surface area contributed by atoms with Gasteiger partial charge >= 0.3 is 5.97 Å². The van der Waals surface area contributed by atoms with Crippen molar-refractivity contribution in [3.8, 4) is 11.5 Å². The fraction of sp³-hybridized carbons (Fsp3) is 0.500. The zero-order valence-electron chi connectivity index (χ0n) is 12.1. The Morgan fingerprint density at radius 1 is 1.30 bits per heavy atom. The summed E-state index contributed by atoms with van der Waals surface area (Å²) in [6.07, 6.45) is 0. The van der Waals surface area contributed by atoms with E-state index in [1.54, 1.807) is 12.1 Å². The lowest BCUT2D eigenvalue weighted by Crippen LogP contribution is -3.11. The average Bonchev–Trinajstić information content (AvgIpc) is 2.43. The van der Waals surface area contributed by atoms with Gasteiger partial charge in [0.25, 0.3) is 0 Å². The molecule has 0 aliphatic heterocycles. The molecule has 114 valence electrons. The summed E-state index contributed by atoms with van der Waals surface area (Å²) in [4.78, 5) is 13.2. The van der Waals surface area contributed by atoms with Crippen molar-refractivity contribution in [2.45, 2.75) is 13.8 Å². The Labute approximate surface area is 125 Å². The summed E-state index contributed by atoms with van der Waals surface area (Å²) in [5.74, 6) is -0.433. The van der Waals surface area contributed by atoms with Crippen molar-refractivity contribution in [1.82, 2.24) is 0 Å². The molecule has 0 spiro atoms. The number of likely N-dealkylation sites (N-methyl/N-ethyl adjacent to an activating group) is 1. The van der Waals surface area contributed by atoms with Crippen LogP contribution in [0.5, 0.6) is 11.5 Å². The largest absolute Gasteiger partial charge is 1.00 e.